The van der Waals surface area contributed by atoms with Gasteiger partial charge in [0.1, 0.15) is 11.9 Å². The molecule has 2 atom stereocenters. The lowest BCUT2D eigenvalue weighted by Crippen LogP contribution is -2.41. The van der Waals surface area contributed by atoms with E-state index in [1.807, 2.05) is 23.8 Å². The Morgan fingerprint density at radius 3 is 3.19 bits per heavy atom. The van der Waals surface area contributed by atoms with E-state index in [4.69, 9.17) is 4.84 Å². The third-order valence-electron chi connectivity index (χ3n) is 3.70. The quantitative estimate of drug-likeness (QED) is 0.676. The van der Waals surface area contributed by atoms with Gasteiger partial charge in [-0.2, -0.15) is 5.06 Å². The number of fused-ring (bicyclic) bond motifs is 1. The molecule has 0 amide bonds. The second-order valence-corrected chi connectivity index (χ2v) is 5.95. The molecule has 1 aliphatic rings. The van der Waals surface area contributed by atoms with Crippen LogP contribution in [0.2, 0.25) is 0 Å². The highest BCUT2D eigenvalue weighted by Gasteiger charge is 2.37. The average molecular weight is 305 g/mol. The van der Waals surface area contributed by atoms with Gasteiger partial charge in [0, 0.05) is 26.0 Å². The van der Waals surface area contributed by atoms with E-state index < -0.39 is 0 Å². The van der Waals surface area contributed by atoms with Crippen molar-refractivity contribution in [1.82, 2.24) is 24.9 Å². The van der Waals surface area contributed by atoms with Crippen LogP contribution in [0.4, 0.5) is 0 Å². The van der Waals surface area contributed by atoms with Gasteiger partial charge in [-0.3, -0.25) is 9.74 Å². The lowest BCUT2D eigenvalue weighted by Gasteiger charge is -2.38. The highest BCUT2D eigenvalue weighted by Crippen LogP contribution is 2.40. The van der Waals surface area contributed by atoms with Gasteiger partial charge in [-0.25, -0.2) is 9.97 Å². The smallest absolute Gasteiger partial charge is 0.129 e. The largest absolute Gasteiger partial charge is 0.347 e. The molecule has 21 heavy (non-hydrogen) atoms. The maximum atomic E-state index is 5.68. The fourth-order valence-electron chi connectivity index (χ4n) is 2.69. The van der Waals surface area contributed by atoms with Crippen LogP contribution in [0.5, 0.6) is 0 Å². The number of hydroxylamine groups is 2. The average Bonchev–Trinajstić information content (AvgIpc) is 3.14. The van der Waals surface area contributed by atoms with Crippen molar-refractivity contribution in [2.24, 2.45) is 0 Å². The first-order valence-corrected chi connectivity index (χ1v) is 7.69. The fraction of sp³-hybridized carbons (Fsp3) is 0.429. The number of nitrogens with zero attached hydrogens (tertiary/aromatic N) is 4. The van der Waals surface area contributed by atoms with Crippen LogP contribution in [0, 0.1) is 0 Å². The molecule has 0 aromatic carbocycles. The van der Waals surface area contributed by atoms with Crippen LogP contribution < -0.4 is 0 Å². The Labute approximate surface area is 128 Å². The first-order valence-electron chi connectivity index (χ1n) is 6.81. The normalized spacial score (nSPS) is 22.4. The summed E-state index contributed by atoms with van der Waals surface area (Å²) in [5.74, 6) is 0.928. The Morgan fingerprint density at radius 2 is 2.48 bits per heavy atom. The first-order chi connectivity index (χ1) is 10.2. The summed E-state index contributed by atoms with van der Waals surface area (Å²) in [5.41, 5.74) is 2.96. The zero-order chi connectivity index (χ0) is 14.8. The summed E-state index contributed by atoms with van der Waals surface area (Å²) in [5, 5.41) is 1.90. The van der Waals surface area contributed by atoms with Crippen molar-refractivity contribution < 1.29 is 4.84 Å². The zero-order valence-electron chi connectivity index (χ0n) is 12.2. The third kappa shape index (κ3) is 2.65. The molecule has 2 unspecified atom stereocenters. The number of likely N-dealkylation sites (N-methyl/N-ethyl adjacent to an activating group) is 2. The third-order valence-corrected chi connectivity index (χ3v) is 4.65. The summed E-state index contributed by atoms with van der Waals surface area (Å²) in [6.07, 6.45) is 5.38. The second-order valence-electron chi connectivity index (χ2n) is 5.06. The molecule has 1 aliphatic heterocycles. The molecule has 0 saturated carbocycles. The molecular formula is C14H19N5OS. The maximum Gasteiger partial charge on any atom is 0.129 e. The highest BCUT2D eigenvalue weighted by molar-refractivity contribution is 7.09. The Balaban J connectivity index is 1.91. The van der Waals surface area contributed by atoms with Crippen LogP contribution in [0.1, 0.15) is 28.5 Å². The summed E-state index contributed by atoms with van der Waals surface area (Å²) in [6, 6.07) is 0.244. The highest BCUT2D eigenvalue weighted by atomic mass is 32.1. The molecule has 0 spiro atoms. The van der Waals surface area contributed by atoms with Crippen LogP contribution in [-0.4, -0.2) is 52.2 Å². The fourth-order valence-corrected chi connectivity index (χ4v) is 3.64. The number of aromatic amines is 1. The number of hydrogen-bond donors (Lipinski definition) is 1. The maximum absolute atomic E-state index is 5.68. The van der Waals surface area contributed by atoms with E-state index in [0.717, 1.165) is 18.1 Å². The Morgan fingerprint density at radius 1 is 1.62 bits per heavy atom. The summed E-state index contributed by atoms with van der Waals surface area (Å²) in [6.45, 7) is 5.05. The van der Waals surface area contributed by atoms with Crippen molar-refractivity contribution in [2.75, 3.05) is 27.2 Å². The SMILES string of the molecule is C=CCON(C)C1CN(C)C(c2ncc[nH]2)c2ncsc21. The molecular weight excluding hydrogens is 286 g/mol. The summed E-state index contributed by atoms with van der Waals surface area (Å²) >= 11 is 1.67. The molecule has 3 rings (SSSR count). The van der Waals surface area contributed by atoms with Gasteiger partial charge >= 0.3 is 0 Å². The first kappa shape index (κ1) is 14.4. The molecule has 7 heteroatoms. The number of imidazole rings is 1. The predicted molar refractivity (Wildman–Crippen MR) is 81.8 cm³/mol. The van der Waals surface area contributed by atoms with Gasteiger partial charge in [-0.15, -0.1) is 17.9 Å². The summed E-state index contributed by atoms with van der Waals surface area (Å²) < 4.78 is 0. The van der Waals surface area contributed by atoms with Gasteiger partial charge in [-0.1, -0.05) is 6.08 Å². The van der Waals surface area contributed by atoms with Crippen LogP contribution in [-0.2, 0) is 4.84 Å². The Kier molecular flexibility index (Phi) is 4.16. The van der Waals surface area contributed by atoms with Gasteiger partial charge in [-0.05, 0) is 7.05 Å². The predicted octanol–water partition coefficient (Wildman–Crippen LogP) is 1.99. The second kappa shape index (κ2) is 6.07. The number of rotatable bonds is 5. The molecule has 1 N–H and O–H groups in total. The molecule has 0 radical (unpaired) electrons. The van der Waals surface area contributed by atoms with Crippen molar-refractivity contribution in [2.45, 2.75) is 12.1 Å². The molecule has 3 heterocycles. The molecule has 6 nitrogen and oxygen atoms in total. The molecule has 112 valence electrons. The zero-order valence-corrected chi connectivity index (χ0v) is 13.0. The van der Waals surface area contributed by atoms with Gasteiger partial charge in [0.25, 0.3) is 0 Å². The number of hydrogen-bond acceptors (Lipinski definition) is 6. The minimum Gasteiger partial charge on any atom is -0.347 e. The number of H-pyrrole nitrogens is 1. The van der Waals surface area contributed by atoms with E-state index in [1.54, 1.807) is 23.6 Å². The van der Waals surface area contributed by atoms with Crippen molar-refractivity contribution in [3.05, 3.63) is 47.0 Å². The van der Waals surface area contributed by atoms with Crippen molar-refractivity contribution in [1.29, 1.82) is 0 Å². The lowest BCUT2D eigenvalue weighted by molar-refractivity contribution is -0.165. The van der Waals surface area contributed by atoms with E-state index in [9.17, 15) is 0 Å². The van der Waals surface area contributed by atoms with Gasteiger partial charge in [0.15, 0.2) is 0 Å². The van der Waals surface area contributed by atoms with Crippen LogP contribution in [0.3, 0.4) is 0 Å². The van der Waals surface area contributed by atoms with Crippen LogP contribution in [0.25, 0.3) is 0 Å². The topological polar surface area (TPSA) is 57.3 Å². The molecule has 0 saturated heterocycles. The van der Waals surface area contributed by atoms with Crippen LogP contribution in [0.15, 0.2) is 30.6 Å². The number of aromatic nitrogens is 3. The van der Waals surface area contributed by atoms with Gasteiger partial charge in [0.2, 0.25) is 0 Å². The van der Waals surface area contributed by atoms with Crippen LogP contribution >= 0.6 is 11.3 Å². The standard InChI is InChI=1S/C14H19N5OS/c1-4-7-20-19(3)10-8-18(2)12(14-15-5-6-16-14)11-13(10)21-9-17-11/h4-6,9-10,12H,1,7-8H2,2-3H3,(H,15,16). The number of nitrogens with one attached hydrogen (secondary N) is 1. The minimum atomic E-state index is 0.0744. The van der Waals surface area contributed by atoms with E-state index in [-0.39, 0.29) is 12.1 Å². The monoisotopic (exact) mass is 305 g/mol. The van der Waals surface area contributed by atoms with Crippen molar-refractivity contribution >= 4 is 11.3 Å². The molecule has 0 aliphatic carbocycles. The van der Waals surface area contributed by atoms with E-state index in [1.165, 1.54) is 4.88 Å². The lowest BCUT2D eigenvalue weighted by atomic mass is 10.0. The number of thiazole rings is 1. The Hall–Kier alpha value is -1.54. The van der Waals surface area contributed by atoms with E-state index in [2.05, 4.69) is 33.5 Å². The van der Waals surface area contributed by atoms with Crippen molar-refractivity contribution in [3.63, 3.8) is 0 Å². The minimum absolute atomic E-state index is 0.0744. The summed E-state index contributed by atoms with van der Waals surface area (Å²) in [4.78, 5) is 21.3. The molecule has 0 bridgehead atoms. The Bertz CT molecular complexity index is 596. The summed E-state index contributed by atoms with van der Waals surface area (Å²) in [7, 11) is 4.04. The van der Waals surface area contributed by atoms with Crippen molar-refractivity contribution in [3.8, 4) is 0 Å². The van der Waals surface area contributed by atoms with Gasteiger partial charge < -0.3 is 4.98 Å². The van der Waals surface area contributed by atoms with Gasteiger partial charge in [0.05, 0.1) is 28.7 Å². The molecule has 2 aromatic heterocycles. The van der Waals surface area contributed by atoms with E-state index >= 15 is 0 Å². The van der Waals surface area contributed by atoms with E-state index in [0.29, 0.717) is 6.61 Å². The molecule has 2 aromatic rings. The molecule has 0 fully saturated rings.